The van der Waals surface area contributed by atoms with E-state index in [4.69, 9.17) is 10.5 Å². The monoisotopic (exact) mass is 209 g/mol. The summed E-state index contributed by atoms with van der Waals surface area (Å²) in [4.78, 5) is 0. The van der Waals surface area contributed by atoms with E-state index in [1.165, 1.54) is 0 Å². The van der Waals surface area contributed by atoms with Crippen LogP contribution < -0.4 is 10.5 Å². The normalized spacial score (nSPS) is 19.7. The van der Waals surface area contributed by atoms with E-state index in [0.717, 1.165) is 12.8 Å². The lowest BCUT2D eigenvalue weighted by Crippen LogP contribution is -2.20. The summed E-state index contributed by atoms with van der Waals surface area (Å²) in [6, 6.07) is 7.18. The number of ether oxygens (including phenoxy) is 1. The lowest BCUT2D eigenvalue weighted by Gasteiger charge is -2.18. The van der Waals surface area contributed by atoms with Gasteiger partial charge in [-0.2, -0.15) is 0 Å². The smallest absolute Gasteiger partial charge is 0.132 e. The van der Waals surface area contributed by atoms with Crippen LogP contribution >= 0.6 is 0 Å². The van der Waals surface area contributed by atoms with Gasteiger partial charge < -0.3 is 10.5 Å². The maximum absolute atomic E-state index is 14.2. The Balaban J connectivity index is 2.21. The van der Waals surface area contributed by atoms with E-state index in [1.807, 2.05) is 12.1 Å². The van der Waals surface area contributed by atoms with Gasteiger partial charge >= 0.3 is 0 Å². The molecule has 1 aromatic rings. The van der Waals surface area contributed by atoms with Crippen molar-refractivity contribution in [2.24, 2.45) is 11.1 Å². The topological polar surface area (TPSA) is 35.2 Å². The fourth-order valence-corrected chi connectivity index (χ4v) is 1.87. The molecule has 1 unspecified atom stereocenters. The predicted octanol–water partition coefficient (Wildman–Crippen LogP) is 2.44. The highest BCUT2D eigenvalue weighted by atomic mass is 19.1. The van der Waals surface area contributed by atoms with E-state index >= 15 is 0 Å². The van der Waals surface area contributed by atoms with Crippen LogP contribution in [-0.4, -0.2) is 13.7 Å². The zero-order valence-electron chi connectivity index (χ0n) is 8.87. The van der Waals surface area contributed by atoms with Gasteiger partial charge in [0, 0.05) is 12.0 Å². The number of methoxy groups -OCH3 is 1. The minimum absolute atomic E-state index is 0.299. The number of nitrogens with two attached hydrogens (primary N) is 1. The van der Waals surface area contributed by atoms with Crippen molar-refractivity contribution < 1.29 is 9.13 Å². The van der Waals surface area contributed by atoms with Crippen LogP contribution in [0.4, 0.5) is 4.39 Å². The molecule has 2 nitrogen and oxygen atoms in total. The van der Waals surface area contributed by atoms with E-state index in [2.05, 4.69) is 0 Å². The summed E-state index contributed by atoms with van der Waals surface area (Å²) in [6.45, 7) is 0.422. The standard InChI is InChI=1S/C12H16FNO/c1-15-10-4-2-3-9(7-10)11(13)12(8-14)5-6-12/h2-4,7,11H,5-6,8,14H2,1H3. The first-order valence-electron chi connectivity index (χ1n) is 5.20. The summed E-state index contributed by atoms with van der Waals surface area (Å²) >= 11 is 0. The SMILES string of the molecule is COc1cccc(C(F)C2(CN)CC2)c1. The summed E-state index contributed by atoms with van der Waals surface area (Å²) in [5.41, 5.74) is 5.99. The molecule has 3 heteroatoms. The maximum atomic E-state index is 14.2. The van der Waals surface area contributed by atoms with Crippen LogP contribution in [-0.2, 0) is 0 Å². The zero-order chi connectivity index (χ0) is 10.9. The number of hydrogen-bond acceptors (Lipinski definition) is 2. The second-order valence-electron chi connectivity index (χ2n) is 4.21. The molecule has 0 aliphatic heterocycles. The van der Waals surface area contributed by atoms with Crippen molar-refractivity contribution in [1.82, 2.24) is 0 Å². The summed E-state index contributed by atoms with van der Waals surface area (Å²) in [5.74, 6) is 0.697. The van der Waals surface area contributed by atoms with Gasteiger partial charge in [0.15, 0.2) is 0 Å². The van der Waals surface area contributed by atoms with Crippen LogP contribution in [0.3, 0.4) is 0 Å². The van der Waals surface area contributed by atoms with Crippen molar-refractivity contribution in [3.8, 4) is 5.75 Å². The number of rotatable bonds is 4. The van der Waals surface area contributed by atoms with Crippen molar-refractivity contribution in [2.45, 2.75) is 19.0 Å². The molecule has 0 bridgehead atoms. The molecular formula is C12H16FNO. The Morgan fingerprint density at radius 3 is 2.80 bits per heavy atom. The minimum atomic E-state index is -0.961. The lowest BCUT2D eigenvalue weighted by atomic mass is 9.94. The fraction of sp³-hybridized carbons (Fsp3) is 0.500. The first kappa shape index (κ1) is 10.4. The van der Waals surface area contributed by atoms with Crippen molar-refractivity contribution in [1.29, 1.82) is 0 Å². The molecular weight excluding hydrogens is 193 g/mol. The van der Waals surface area contributed by atoms with Crippen LogP contribution in [0.1, 0.15) is 24.6 Å². The molecule has 1 aliphatic carbocycles. The van der Waals surface area contributed by atoms with Crippen LogP contribution in [0.15, 0.2) is 24.3 Å². The van der Waals surface area contributed by atoms with Gasteiger partial charge in [-0.05, 0) is 30.5 Å². The molecule has 1 fully saturated rings. The molecule has 0 radical (unpaired) electrons. The van der Waals surface area contributed by atoms with Gasteiger partial charge in [-0.25, -0.2) is 4.39 Å². The van der Waals surface area contributed by atoms with Gasteiger partial charge in [-0.1, -0.05) is 12.1 Å². The van der Waals surface area contributed by atoms with Crippen LogP contribution in [0, 0.1) is 5.41 Å². The average Bonchev–Trinajstić information content (AvgIpc) is 3.09. The van der Waals surface area contributed by atoms with Gasteiger partial charge in [0.1, 0.15) is 11.9 Å². The van der Waals surface area contributed by atoms with Gasteiger partial charge in [0.2, 0.25) is 0 Å². The van der Waals surface area contributed by atoms with Crippen molar-refractivity contribution in [3.05, 3.63) is 29.8 Å². The number of hydrogen-bond donors (Lipinski definition) is 1. The fourth-order valence-electron chi connectivity index (χ4n) is 1.87. The molecule has 0 amide bonds. The first-order valence-corrected chi connectivity index (χ1v) is 5.20. The largest absolute Gasteiger partial charge is 0.497 e. The van der Waals surface area contributed by atoms with Crippen molar-refractivity contribution in [2.75, 3.05) is 13.7 Å². The van der Waals surface area contributed by atoms with Crippen molar-refractivity contribution in [3.63, 3.8) is 0 Å². The van der Waals surface area contributed by atoms with Crippen LogP contribution in [0.5, 0.6) is 5.75 Å². The molecule has 2 N–H and O–H groups in total. The summed E-state index contributed by atoms with van der Waals surface area (Å²) in [7, 11) is 1.59. The second-order valence-corrected chi connectivity index (χ2v) is 4.21. The maximum Gasteiger partial charge on any atom is 0.132 e. The van der Waals surface area contributed by atoms with Crippen LogP contribution in [0.25, 0.3) is 0 Å². The summed E-state index contributed by atoms with van der Waals surface area (Å²) in [5, 5.41) is 0. The molecule has 1 saturated carbocycles. The Labute approximate surface area is 89.2 Å². The highest BCUT2D eigenvalue weighted by molar-refractivity contribution is 5.31. The molecule has 1 aliphatic rings. The molecule has 82 valence electrons. The average molecular weight is 209 g/mol. The van der Waals surface area contributed by atoms with Gasteiger partial charge in [0.25, 0.3) is 0 Å². The van der Waals surface area contributed by atoms with Gasteiger partial charge in [-0.15, -0.1) is 0 Å². The minimum Gasteiger partial charge on any atom is -0.497 e. The third-order valence-corrected chi connectivity index (χ3v) is 3.22. The molecule has 15 heavy (non-hydrogen) atoms. The van der Waals surface area contributed by atoms with E-state index < -0.39 is 6.17 Å². The Hall–Kier alpha value is -1.09. The summed E-state index contributed by atoms with van der Waals surface area (Å²) < 4.78 is 19.2. The highest BCUT2D eigenvalue weighted by Gasteiger charge is 2.49. The molecule has 1 aromatic carbocycles. The molecule has 0 spiro atoms. The second kappa shape index (κ2) is 3.81. The van der Waals surface area contributed by atoms with E-state index in [1.54, 1.807) is 19.2 Å². The van der Waals surface area contributed by atoms with E-state index in [-0.39, 0.29) is 5.41 Å². The third kappa shape index (κ3) is 1.84. The van der Waals surface area contributed by atoms with E-state index in [9.17, 15) is 4.39 Å². The molecule has 0 heterocycles. The van der Waals surface area contributed by atoms with Crippen molar-refractivity contribution >= 4 is 0 Å². The van der Waals surface area contributed by atoms with Gasteiger partial charge in [-0.3, -0.25) is 0 Å². The molecule has 0 aromatic heterocycles. The Bertz CT molecular complexity index is 349. The first-order chi connectivity index (χ1) is 7.22. The third-order valence-electron chi connectivity index (χ3n) is 3.22. The molecule has 0 saturated heterocycles. The number of halogens is 1. The zero-order valence-corrected chi connectivity index (χ0v) is 8.87. The van der Waals surface area contributed by atoms with Crippen LogP contribution in [0.2, 0.25) is 0 Å². The Kier molecular flexibility index (Phi) is 2.65. The Morgan fingerprint density at radius 1 is 1.53 bits per heavy atom. The predicted molar refractivity (Wildman–Crippen MR) is 57.6 cm³/mol. The summed E-state index contributed by atoms with van der Waals surface area (Å²) in [6.07, 6.45) is 0.821. The van der Waals surface area contributed by atoms with E-state index in [0.29, 0.717) is 17.9 Å². The highest BCUT2D eigenvalue weighted by Crippen LogP contribution is 2.56. The molecule has 1 atom stereocenters. The van der Waals surface area contributed by atoms with Gasteiger partial charge in [0.05, 0.1) is 7.11 Å². The Morgan fingerprint density at radius 2 is 2.27 bits per heavy atom. The molecule has 2 rings (SSSR count). The quantitative estimate of drug-likeness (QED) is 0.826. The number of alkyl halides is 1. The number of benzene rings is 1. The lowest BCUT2D eigenvalue weighted by molar-refractivity contribution is 0.216.